The lowest BCUT2D eigenvalue weighted by Crippen LogP contribution is -2.48. The minimum absolute atomic E-state index is 0.0626. The van der Waals surface area contributed by atoms with Crippen LogP contribution in [0.25, 0.3) is 0 Å². The van der Waals surface area contributed by atoms with Crippen molar-refractivity contribution >= 4 is 15.7 Å². The summed E-state index contributed by atoms with van der Waals surface area (Å²) in [6, 6.07) is -0.795. The predicted molar refractivity (Wildman–Crippen MR) is 58.7 cm³/mol. The molecular weight excluding hydrogens is 248 g/mol. The van der Waals surface area contributed by atoms with Gasteiger partial charge in [-0.15, -0.1) is 0 Å². The fourth-order valence-electron chi connectivity index (χ4n) is 2.20. The Hall–Kier alpha value is -1.18. The van der Waals surface area contributed by atoms with Crippen molar-refractivity contribution in [3.63, 3.8) is 0 Å². The Balaban J connectivity index is 1.95. The van der Waals surface area contributed by atoms with Crippen LogP contribution < -0.4 is 5.32 Å². The van der Waals surface area contributed by atoms with Crippen molar-refractivity contribution in [1.82, 2.24) is 5.32 Å². The number of hydrogen-bond donors (Lipinski definition) is 1. The second-order valence-electron chi connectivity index (χ2n) is 5.09. The molecule has 1 saturated carbocycles. The van der Waals surface area contributed by atoms with E-state index in [4.69, 9.17) is 0 Å². The SMILES string of the molecule is C[C@]1(NC(=O)[C@@H]2C[C@H]2[N+](=O)[O-])CCS(=O)(=O)C1. The van der Waals surface area contributed by atoms with Crippen LogP contribution in [-0.4, -0.2) is 42.3 Å². The summed E-state index contributed by atoms with van der Waals surface area (Å²) in [6.45, 7) is 1.67. The molecule has 0 bridgehead atoms. The van der Waals surface area contributed by atoms with Crippen LogP contribution in [0.5, 0.6) is 0 Å². The number of nitrogens with zero attached hydrogens (tertiary/aromatic N) is 1. The lowest BCUT2D eigenvalue weighted by atomic mass is 10.0. The molecule has 0 spiro atoms. The monoisotopic (exact) mass is 262 g/mol. The molecule has 7 nitrogen and oxygen atoms in total. The highest BCUT2D eigenvalue weighted by Gasteiger charge is 2.54. The van der Waals surface area contributed by atoms with E-state index >= 15 is 0 Å². The number of nitro groups is 1. The van der Waals surface area contributed by atoms with Gasteiger partial charge in [-0.3, -0.25) is 14.9 Å². The van der Waals surface area contributed by atoms with Gasteiger partial charge in [0.2, 0.25) is 11.9 Å². The fraction of sp³-hybridized carbons (Fsp3) is 0.889. The van der Waals surface area contributed by atoms with Gasteiger partial charge in [0, 0.05) is 11.3 Å². The van der Waals surface area contributed by atoms with Gasteiger partial charge in [0.15, 0.2) is 9.84 Å². The summed E-state index contributed by atoms with van der Waals surface area (Å²) in [5.74, 6) is -1.01. The van der Waals surface area contributed by atoms with Gasteiger partial charge in [-0.05, 0) is 13.3 Å². The van der Waals surface area contributed by atoms with Gasteiger partial charge in [-0.25, -0.2) is 8.42 Å². The number of carbonyl (C=O) groups excluding carboxylic acids is 1. The maximum Gasteiger partial charge on any atom is 0.230 e. The summed E-state index contributed by atoms with van der Waals surface area (Å²) < 4.78 is 22.7. The summed E-state index contributed by atoms with van der Waals surface area (Å²) in [5, 5.41) is 13.1. The van der Waals surface area contributed by atoms with E-state index in [0.717, 1.165) is 0 Å². The second-order valence-corrected chi connectivity index (χ2v) is 7.27. The number of carbonyl (C=O) groups is 1. The Morgan fingerprint density at radius 2 is 2.18 bits per heavy atom. The van der Waals surface area contributed by atoms with Crippen molar-refractivity contribution in [2.24, 2.45) is 5.92 Å². The quantitative estimate of drug-likeness (QED) is 0.537. The van der Waals surface area contributed by atoms with Crippen LogP contribution in [0.15, 0.2) is 0 Å². The molecule has 2 aliphatic rings. The smallest absolute Gasteiger partial charge is 0.230 e. The molecule has 1 saturated heterocycles. The minimum Gasteiger partial charge on any atom is -0.349 e. The van der Waals surface area contributed by atoms with E-state index in [9.17, 15) is 23.3 Å². The molecular formula is C9H14N2O5S. The van der Waals surface area contributed by atoms with Gasteiger partial charge in [0.1, 0.15) is 5.92 Å². The first-order chi connectivity index (χ1) is 7.72. The van der Waals surface area contributed by atoms with E-state index in [-0.39, 0.29) is 17.9 Å². The molecule has 0 radical (unpaired) electrons. The molecule has 2 rings (SSSR count). The summed E-state index contributed by atoms with van der Waals surface area (Å²) in [6.07, 6.45) is 0.624. The molecule has 1 aliphatic carbocycles. The van der Waals surface area contributed by atoms with Crippen molar-refractivity contribution < 1.29 is 18.1 Å². The van der Waals surface area contributed by atoms with Gasteiger partial charge in [0.25, 0.3) is 0 Å². The van der Waals surface area contributed by atoms with Gasteiger partial charge in [0.05, 0.1) is 17.0 Å². The van der Waals surface area contributed by atoms with E-state index < -0.39 is 38.2 Å². The van der Waals surface area contributed by atoms with Crippen LogP contribution in [-0.2, 0) is 14.6 Å². The van der Waals surface area contributed by atoms with Crippen molar-refractivity contribution in [2.45, 2.75) is 31.3 Å². The van der Waals surface area contributed by atoms with Crippen molar-refractivity contribution in [3.05, 3.63) is 10.1 Å². The van der Waals surface area contributed by atoms with Crippen LogP contribution >= 0.6 is 0 Å². The van der Waals surface area contributed by atoms with E-state index in [1.807, 2.05) is 0 Å². The molecule has 1 aliphatic heterocycles. The molecule has 0 aromatic heterocycles. The Labute approximate surface area is 98.6 Å². The molecule has 17 heavy (non-hydrogen) atoms. The van der Waals surface area contributed by atoms with Gasteiger partial charge in [-0.2, -0.15) is 0 Å². The van der Waals surface area contributed by atoms with E-state index in [1.165, 1.54) is 0 Å². The number of hydrogen-bond acceptors (Lipinski definition) is 5. The first-order valence-corrected chi connectivity index (χ1v) is 7.21. The highest BCUT2D eigenvalue weighted by atomic mass is 32.2. The number of rotatable bonds is 3. The molecule has 0 aromatic carbocycles. The predicted octanol–water partition coefficient (Wildman–Crippen LogP) is -0.655. The van der Waals surface area contributed by atoms with Crippen LogP contribution in [0, 0.1) is 16.0 Å². The molecule has 8 heteroatoms. The Kier molecular flexibility index (Phi) is 2.64. The fourth-order valence-corrected chi connectivity index (χ4v) is 4.29. The van der Waals surface area contributed by atoms with Crippen molar-refractivity contribution in [2.75, 3.05) is 11.5 Å². The molecule has 2 fully saturated rings. The van der Waals surface area contributed by atoms with E-state index in [1.54, 1.807) is 6.92 Å². The van der Waals surface area contributed by atoms with Gasteiger partial charge < -0.3 is 5.32 Å². The summed E-state index contributed by atoms with van der Waals surface area (Å²) >= 11 is 0. The average Bonchev–Trinajstić information content (AvgIpc) is 2.89. The molecule has 1 N–H and O–H groups in total. The van der Waals surface area contributed by atoms with Crippen molar-refractivity contribution in [1.29, 1.82) is 0 Å². The van der Waals surface area contributed by atoms with Gasteiger partial charge >= 0.3 is 0 Å². The summed E-state index contributed by atoms with van der Waals surface area (Å²) in [5.41, 5.74) is -0.764. The molecule has 1 heterocycles. The molecule has 3 atom stereocenters. The highest BCUT2D eigenvalue weighted by Crippen LogP contribution is 2.34. The number of amides is 1. The largest absolute Gasteiger partial charge is 0.349 e. The molecule has 0 aromatic rings. The average molecular weight is 262 g/mol. The van der Waals surface area contributed by atoms with Crippen LogP contribution in [0.3, 0.4) is 0 Å². The Bertz CT molecular complexity index is 474. The first-order valence-electron chi connectivity index (χ1n) is 5.38. The number of nitrogens with one attached hydrogen (secondary N) is 1. The highest BCUT2D eigenvalue weighted by molar-refractivity contribution is 7.91. The van der Waals surface area contributed by atoms with Crippen LogP contribution in [0.2, 0.25) is 0 Å². The lowest BCUT2D eigenvalue weighted by Gasteiger charge is -2.23. The van der Waals surface area contributed by atoms with Crippen LogP contribution in [0.4, 0.5) is 0 Å². The molecule has 1 amide bonds. The minimum atomic E-state index is -3.08. The maximum absolute atomic E-state index is 11.7. The van der Waals surface area contributed by atoms with E-state index in [0.29, 0.717) is 6.42 Å². The van der Waals surface area contributed by atoms with Crippen molar-refractivity contribution in [3.8, 4) is 0 Å². The topological polar surface area (TPSA) is 106 Å². The lowest BCUT2D eigenvalue weighted by molar-refractivity contribution is -0.497. The Morgan fingerprint density at radius 3 is 2.59 bits per heavy atom. The maximum atomic E-state index is 11.7. The zero-order chi connectivity index (χ0) is 12.8. The first kappa shape index (κ1) is 12.3. The normalized spacial score (nSPS) is 38.6. The third kappa shape index (κ3) is 2.56. The zero-order valence-corrected chi connectivity index (χ0v) is 10.2. The number of sulfone groups is 1. The van der Waals surface area contributed by atoms with Gasteiger partial charge in [-0.1, -0.05) is 0 Å². The van der Waals surface area contributed by atoms with E-state index in [2.05, 4.69) is 5.32 Å². The molecule has 0 unspecified atom stereocenters. The van der Waals surface area contributed by atoms with Crippen LogP contribution in [0.1, 0.15) is 19.8 Å². The molecule has 96 valence electrons. The second kappa shape index (κ2) is 3.66. The third-order valence-electron chi connectivity index (χ3n) is 3.29. The standard InChI is InChI=1S/C9H14N2O5S/c1-9(2-3-17(15,16)5-9)10-8(12)6-4-7(6)11(13)14/h6-7H,2-5H2,1H3,(H,10,12)/t6-,7-,9+/m1/s1. The zero-order valence-electron chi connectivity index (χ0n) is 9.38. The summed E-state index contributed by atoms with van der Waals surface area (Å²) in [4.78, 5) is 21.6. The Morgan fingerprint density at radius 1 is 1.53 bits per heavy atom. The summed E-state index contributed by atoms with van der Waals surface area (Å²) in [7, 11) is -3.08. The third-order valence-corrected chi connectivity index (χ3v) is 5.20.